The molecule has 0 spiro atoms. The van der Waals surface area contributed by atoms with Gasteiger partial charge in [-0.25, -0.2) is 0 Å². The number of pyridine rings is 1. The molecule has 0 aliphatic carbocycles. The predicted molar refractivity (Wildman–Crippen MR) is 78.0 cm³/mol. The van der Waals surface area contributed by atoms with E-state index in [1.54, 1.807) is 37.5 Å². The molecule has 1 saturated heterocycles. The first-order valence-electron chi connectivity index (χ1n) is 6.74. The van der Waals surface area contributed by atoms with Gasteiger partial charge in [0.2, 0.25) is 5.91 Å². The molecule has 5 nitrogen and oxygen atoms in total. The topological polar surface area (TPSA) is 45.7 Å². The standard InChI is InChI=1S/C14H20ClN3O2/c1-17(2)14(19)10-18-5-3-12(4-6-18)20-13-7-11(15)8-16-9-13/h7-9,12H,3-6,10H2,1-2H3. The van der Waals surface area contributed by atoms with E-state index in [-0.39, 0.29) is 12.0 Å². The number of hydrogen-bond acceptors (Lipinski definition) is 4. The fourth-order valence-corrected chi connectivity index (χ4v) is 2.33. The minimum Gasteiger partial charge on any atom is -0.489 e. The minimum absolute atomic E-state index is 0.142. The molecule has 6 heteroatoms. The van der Waals surface area contributed by atoms with Gasteiger partial charge in [0.1, 0.15) is 11.9 Å². The van der Waals surface area contributed by atoms with Crippen LogP contribution in [-0.4, -0.2) is 60.5 Å². The summed E-state index contributed by atoms with van der Waals surface area (Å²) in [6.45, 7) is 2.23. The third-order valence-electron chi connectivity index (χ3n) is 3.37. The van der Waals surface area contributed by atoms with Crippen molar-refractivity contribution in [1.29, 1.82) is 0 Å². The Morgan fingerprint density at radius 3 is 2.75 bits per heavy atom. The van der Waals surface area contributed by atoms with Crippen molar-refractivity contribution >= 4 is 17.5 Å². The summed E-state index contributed by atoms with van der Waals surface area (Å²) in [4.78, 5) is 19.4. The van der Waals surface area contributed by atoms with E-state index in [1.165, 1.54) is 0 Å². The highest BCUT2D eigenvalue weighted by Gasteiger charge is 2.22. The van der Waals surface area contributed by atoms with Crippen molar-refractivity contribution in [1.82, 2.24) is 14.8 Å². The summed E-state index contributed by atoms with van der Waals surface area (Å²) in [6, 6.07) is 1.77. The van der Waals surface area contributed by atoms with Crippen LogP contribution in [0.5, 0.6) is 5.75 Å². The molecule has 110 valence electrons. The molecule has 2 rings (SSSR count). The van der Waals surface area contributed by atoms with E-state index in [1.807, 2.05) is 0 Å². The molecule has 0 unspecified atom stereocenters. The minimum atomic E-state index is 0.142. The maximum atomic E-state index is 11.7. The number of aromatic nitrogens is 1. The second kappa shape index (κ2) is 6.90. The molecule has 1 amide bonds. The molecule has 1 aliphatic heterocycles. The van der Waals surface area contributed by atoms with Crippen molar-refractivity contribution in [3.05, 3.63) is 23.5 Å². The maximum Gasteiger partial charge on any atom is 0.236 e. The molecule has 1 aliphatic rings. The van der Waals surface area contributed by atoms with Gasteiger partial charge >= 0.3 is 0 Å². The van der Waals surface area contributed by atoms with Crippen LogP contribution in [0.25, 0.3) is 0 Å². The van der Waals surface area contributed by atoms with Gasteiger partial charge in [0, 0.05) is 39.4 Å². The third-order valence-corrected chi connectivity index (χ3v) is 3.58. The van der Waals surface area contributed by atoms with Crippen LogP contribution in [0.1, 0.15) is 12.8 Å². The molecule has 1 aromatic rings. The van der Waals surface area contributed by atoms with E-state index in [4.69, 9.17) is 16.3 Å². The van der Waals surface area contributed by atoms with Crippen LogP contribution in [0.4, 0.5) is 0 Å². The largest absolute Gasteiger partial charge is 0.489 e. The number of likely N-dealkylation sites (N-methyl/N-ethyl adjacent to an activating group) is 1. The summed E-state index contributed by atoms with van der Waals surface area (Å²) in [6.07, 6.45) is 5.25. The summed E-state index contributed by atoms with van der Waals surface area (Å²) in [5, 5.41) is 0.580. The van der Waals surface area contributed by atoms with E-state index in [0.29, 0.717) is 17.3 Å². The number of halogens is 1. The second-order valence-corrected chi connectivity index (χ2v) is 5.66. The molecular formula is C14H20ClN3O2. The van der Waals surface area contributed by atoms with Crippen LogP contribution in [0.2, 0.25) is 5.02 Å². The van der Waals surface area contributed by atoms with Gasteiger partial charge in [-0.05, 0) is 12.8 Å². The van der Waals surface area contributed by atoms with E-state index < -0.39 is 0 Å². The first-order valence-corrected chi connectivity index (χ1v) is 7.12. The number of hydrogen-bond donors (Lipinski definition) is 0. The van der Waals surface area contributed by atoms with Gasteiger partial charge in [0.15, 0.2) is 0 Å². The summed E-state index contributed by atoms with van der Waals surface area (Å²) in [5.41, 5.74) is 0. The van der Waals surface area contributed by atoms with Crippen molar-refractivity contribution in [3.63, 3.8) is 0 Å². The van der Waals surface area contributed by atoms with Gasteiger partial charge < -0.3 is 9.64 Å². The highest BCUT2D eigenvalue weighted by molar-refractivity contribution is 6.30. The van der Waals surface area contributed by atoms with Crippen LogP contribution in [0.15, 0.2) is 18.5 Å². The number of carbonyl (C=O) groups excluding carboxylic acids is 1. The van der Waals surface area contributed by atoms with Gasteiger partial charge in [0.25, 0.3) is 0 Å². The van der Waals surface area contributed by atoms with Crippen molar-refractivity contribution in [2.24, 2.45) is 0 Å². The Labute approximate surface area is 124 Å². The normalized spacial score (nSPS) is 16.9. The number of nitrogens with zero attached hydrogens (tertiary/aromatic N) is 3. The van der Waals surface area contributed by atoms with E-state index in [0.717, 1.165) is 25.9 Å². The zero-order valence-corrected chi connectivity index (χ0v) is 12.6. The molecule has 2 heterocycles. The molecule has 1 fully saturated rings. The fourth-order valence-electron chi connectivity index (χ4n) is 2.17. The average Bonchev–Trinajstić information content (AvgIpc) is 2.41. The molecule has 0 radical (unpaired) electrons. The van der Waals surface area contributed by atoms with Gasteiger partial charge in [-0.1, -0.05) is 11.6 Å². The summed E-state index contributed by atoms with van der Waals surface area (Å²) in [5.74, 6) is 0.851. The Balaban J connectivity index is 1.78. The Kier molecular flexibility index (Phi) is 5.20. The van der Waals surface area contributed by atoms with Gasteiger partial charge in [-0.2, -0.15) is 0 Å². The Hall–Kier alpha value is -1.33. The number of amides is 1. The maximum absolute atomic E-state index is 11.7. The fraction of sp³-hybridized carbons (Fsp3) is 0.571. The lowest BCUT2D eigenvalue weighted by atomic mass is 10.1. The summed E-state index contributed by atoms with van der Waals surface area (Å²) >= 11 is 5.88. The molecule has 20 heavy (non-hydrogen) atoms. The van der Waals surface area contributed by atoms with Gasteiger partial charge in [-0.3, -0.25) is 14.7 Å². The SMILES string of the molecule is CN(C)C(=O)CN1CCC(Oc2cncc(Cl)c2)CC1. The molecule has 0 bridgehead atoms. The molecule has 0 saturated carbocycles. The van der Waals surface area contributed by atoms with E-state index in [2.05, 4.69) is 9.88 Å². The number of piperidine rings is 1. The highest BCUT2D eigenvalue weighted by Crippen LogP contribution is 2.20. The molecule has 0 aromatic carbocycles. The first-order chi connectivity index (χ1) is 9.54. The van der Waals surface area contributed by atoms with Crippen molar-refractivity contribution < 1.29 is 9.53 Å². The molecule has 0 atom stereocenters. The Bertz CT molecular complexity index is 459. The van der Waals surface area contributed by atoms with E-state index >= 15 is 0 Å². The third kappa shape index (κ3) is 4.35. The Morgan fingerprint density at radius 1 is 1.45 bits per heavy atom. The van der Waals surface area contributed by atoms with Crippen LogP contribution >= 0.6 is 11.6 Å². The number of carbonyl (C=O) groups is 1. The average molecular weight is 298 g/mol. The summed E-state index contributed by atoms with van der Waals surface area (Å²) < 4.78 is 5.87. The second-order valence-electron chi connectivity index (χ2n) is 5.22. The molecular weight excluding hydrogens is 278 g/mol. The molecule has 0 N–H and O–H groups in total. The van der Waals surface area contributed by atoms with Crippen molar-refractivity contribution in [2.75, 3.05) is 33.7 Å². The number of ether oxygens (including phenoxy) is 1. The van der Waals surface area contributed by atoms with Gasteiger partial charge in [0.05, 0.1) is 17.8 Å². The predicted octanol–water partition coefficient (Wildman–Crippen LogP) is 1.67. The zero-order chi connectivity index (χ0) is 14.5. The lowest BCUT2D eigenvalue weighted by Crippen LogP contribution is -2.43. The van der Waals surface area contributed by atoms with Crippen molar-refractivity contribution in [3.8, 4) is 5.75 Å². The van der Waals surface area contributed by atoms with Crippen LogP contribution in [-0.2, 0) is 4.79 Å². The lowest BCUT2D eigenvalue weighted by molar-refractivity contribution is -0.130. The smallest absolute Gasteiger partial charge is 0.236 e. The van der Waals surface area contributed by atoms with Crippen LogP contribution in [0.3, 0.4) is 0 Å². The van der Waals surface area contributed by atoms with Gasteiger partial charge in [-0.15, -0.1) is 0 Å². The first kappa shape index (κ1) is 15.1. The monoisotopic (exact) mass is 297 g/mol. The van der Waals surface area contributed by atoms with Crippen LogP contribution in [0, 0.1) is 0 Å². The summed E-state index contributed by atoms with van der Waals surface area (Å²) in [7, 11) is 3.56. The van der Waals surface area contributed by atoms with E-state index in [9.17, 15) is 4.79 Å². The highest BCUT2D eigenvalue weighted by atomic mass is 35.5. The Morgan fingerprint density at radius 2 is 2.15 bits per heavy atom. The quantitative estimate of drug-likeness (QED) is 0.848. The molecule has 1 aromatic heterocycles. The number of likely N-dealkylation sites (tertiary alicyclic amines) is 1. The van der Waals surface area contributed by atoms with Crippen LogP contribution < -0.4 is 4.74 Å². The number of rotatable bonds is 4. The van der Waals surface area contributed by atoms with Crippen molar-refractivity contribution in [2.45, 2.75) is 18.9 Å². The lowest BCUT2D eigenvalue weighted by Gasteiger charge is -2.32. The zero-order valence-electron chi connectivity index (χ0n) is 11.9.